The van der Waals surface area contributed by atoms with Gasteiger partial charge in [0, 0.05) is 22.9 Å². The van der Waals surface area contributed by atoms with Gasteiger partial charge < -0.3 is 4.74 Å². The van der Waals surface area contributed by atoms with Crippen LogP contribution in [0.25, 0.3) is 0 Å². The Kier molecular flexibility index (Phi) is 1.39. The molecule has 2 nitrogen and oxygen atoms in total. The summed E-state index contributed by atoms with van der Waals surface area (Å²) >= 11 is 2.72. The number of aromatic nitrogens is 1. The molecule has 1 rings (SSSR count). The first-order valence-corrected chi connectivity index (χ1v) is 4.56. The summed E-state index contributed by atoms with van der Waals surface area (Å²) in [7, 11) is 0. The van der Waals surface area contributed by atoms with Crippen molar-refractivity contribution in [1.82, 2.24) is 4.98 Å². The second-order valence-corrected chi connectivity index (χ2v) is 3.71. The molecule has 0 radical (unpaired) electrons. The van der Waals surface area contributed by atoms with Crippen LogP contribution in [0.15, 0.2) is 16.6 Å². The second-order valence-electron chi connectivity index (χ2n) is 2.79. The van der Waals surface area contributed by atoms with Gasteiger partial charge in [-0.15, -0.1) is 0 Å². The maximum atomic E-state index is 12.8. The van der Waals surface area contributed by atoms with Crippen LogP contribution in [0.2, 0.25) is 0 Å². The summed E-state index contributed by atoms with van der Waals surface area (Å²) in [6.45, 7) is -11.2. The van der Waals surface area contributed by atoms with E-state index in [9.17, 15) is 13.2 Å². The molecule has 1 heterocycles. The number of halogens is 4. The summed E-state index contributed by atoms with van der Waals surface area (Å²) in [6, 6.07) is 1.28. The van der Waals surface area contributed by atoms with Crippen LogP contribution in [-0.4, -0.2) is 10.6 Å². The van der Waals surface area contributed by atoms with Crippen molar-refractivity contribution in [3.05, 3.63) is 22.3 Å². The number of nitrogens with zero attached hydrogens (tertiary/aromatic N) is 1. The number of rotatable bonds is 1. The van der Waals surface area contributed by atoms with Crippen molar-refractivity contribution in [3.63, 3.8) is 0 Å². The van der Waals surface area contributed by atoms with Gasteiger partial charge >= 0.3 is 6.18 Å². The zero-order valence-electron chi connectivity index (χ0n) is 16.5. The first-order chi connectivity index (χ1) is 10.8. The molecular weight excluding hydrogens is 287 g/mol. The predicted octanol–water partition coefficient (Wildman–Crippen LogP) is 4.04. The van der Waals surface area contributed by atoms with Crippen LogP contribution in [0.4, 0.5) is 13.2 Å². The highest BCUT2D eigenvalue weighted by Gasteiger charge is 2.33. The lowest BCUT2D eigenvalue weighted by Gasteiger charge is -2.21. The van der Waals surface area contributed by atoms with Crippen LogP contribution >= 0.6 is 15.9 Å². The average Bonchev–Trinajstić information content (AvgIpc) is 2.29. The Hall–Kier alpha value is -0.780. The third-order valence-corrected chi connectivity index (χ3v) is 1.77. The third kappa shape index (κ3) is 4.00. The first kappa shape index (κ1) is 5.25. The minimum Gasteiger partial charge on any atom is -0.472 e. The minimum absolute atomic E-state index is 0.264. The lowest BCUT2D eigenvalue weighted by molar-refractivity contribution is -0.141. The second kappa shape index (κ2) is 4.24. The van der Waals surface area contributed by atoms with Gasteiger partial charge in [-0.25, -0.2) is 4.98 Å². The van der Waals surface area contributed by atoms with E-state index in [0.29, 0.717) is 6.07 Å². The van der Waals surface area contributed by atoms with Crippen molar-refractivity contribution in [3.8, 4) is 5.88 Å². The van der Waals surface area contributed by atoms with E-state index < -0.39 is 43.9 Å². The summed E-state index contributed by atoms with van der Waals surface area (Å²) in [5.41, 5.74) is -5.30. The Morgan fingerprint density at radius 1 is 1.31 bits per heavy atom. The fraction of sp³-hybridized carbons (Fsp3) is 0.500. The predicted molar refractivity (Wildman–Crippen MR) is 57.3 cm³/mol. The number of ether oxygens (including phenoxy) is 1. The van der Waals surface area contributed by atoms with Crippen LogP contribution in [0.1, 0.15) is 38.6 Å². The van der Waals surface area contributed by atoms with Crippen molar-refractivity contribution in [2.24, 2.45) is 0 Å². The molecule has 0 saturated carbocycles. The summed E-state index contributed by atoms with van der Waals surface area (Å²) in [4.78, 5) is 3.00. The number of hydrogen-bond acceptors (Lipinski definition) is 2. The van der Waals surface area contributed by atoms with Gasteiger partial charge in [0.1, 0.15) is 11.3 Å². The Bertz CT molecular complexity index is 602. The van der Waals surface area contributed by atoms with Crippen molar-refractivity contribution in [2.75, 3.05) is 0 Å². The van der Waals surface area contributed by atoms with Gasteiger partial charge in [-0.3, -0.25) is 0 Å². The van der Waals surface area contributed by atoms with Crippen LogP contribution in [0.3, 0.4) is 0 Å². The largest absolute Gasteiger partial charge is 0.472 e. The normalized spacial score (nSPS) is 23.4. The average molecular weight is 307 g/mol. The highest BCUT2D eigenvalue weighted by atomic mass is 79.9. The van der Waals surface area contributed by atoms with Gasteiger partial charge in [0.15, 0.2) is 0 Å². The molecule has 0 unspecified atom stereocenters. The molecule has 0 amide bonds. The lowest BCUT2D eigenvalue weighted by Crippen LogP contribution is -2.24. The molecule has 0 aliphatic rings. The molecule has 0 bridgehead atoms. The molecule has 0 atom stereocenters. The third-order valence-electron chi connectivity index (χ3n) is 1.31. The molecule has 16 heavy (non-hydrogen) atoms. The van der Waals surface area contributed by atoms with Crippen molar-refractivity contribution in [1.29, 1.82) is 0 Å². The van der Waals surface area contributed by atoms with E-state index in [2.05, 4.69) is 25.7 Å². The molecule has 0 saturated heterocycles. The Labute approximate surface area is 113 Å². The highest BCUT2D eigenvalue weighted by molar-refractivity contribution is 9.10. The Balaban J connectivity index is 3.65. The molecule has 0 aliphatic carbocycles. The SMILES string of the molecule is [2H]C([2H])([2H])C(Oc1cc(Br)cc(C(F)(F)F)n1)(C([2H])([2H])[2H])C([2H])([2H])[2H]. The Morgan fingerprint density at radius 3 is 2.44 bits per heavy atom. The van der Waals surface area contributed by atoms with E-state index in [1.54, 1.807) is 0 Å². The van der Waals surface area contributed by atoms with Gasteiger partial charge in [-0.2, -0.15) is 13.2 Å². The maximum Gasteiger partial charge on any atom is 0.433 e. The number of alkyl halides is 3. The molecule has 1 aromatic rings. The smallest absolute Gasteiger partial charge is 0.433 e. The minimum atomic E-state index is -4.95. The van der Waals surface area contributed by atoms with E-state index in [0.717, 1.165) is 6.07 Å². The summed E-state index contributed by atoms with van der Waals surface area (Å²) in [5, 5.41) is 0. The summed E-state index contributed by atoms with van der Waals surface area (Å²) < 4.78 is 109. The molecule has 0 spiro atoms. The topological polar surface area (TPSA) is 22.1 Å². The van der Waals surface area contributed by atoms with E-state index in [1.165, 1.54) is 0 Å². The molecule has 6 heteroatoms. The van der Waals surface area contributed by atoms with E-state index in [4.69, 9.17) is 12.3 Å². The summed E-state index contributed by atoms with van der Waals surface area (Å²) in [5.74, 6) is -1.11. The first-order valence-electron chi connectivity index (χ1n) is 8.27. The highest BCUT2D eigenvalue weighted by Crippen LogP contribution is 2.32. The lowest BCUT2D eigenvalue weighted by atomic mass is 10.2. The zero-order valence-corrected chi connectivity index (χ0v) is 9.11. The fourth-order valence-electron chi connectivity index (χ4n) is 0.828. The molecular formula is C10H11BrF3NO. The van der Waals surface area contributed by atoms with Crippen molar-refractivity contribution >= 4 is 15.9 Å². The van der Waals surface area contributed by atoms with E-state index in [-0.39, 0.29) is 4.47 Å². The zero-order chi connectivity index (χ0) is 20.1. The van der Waals surface area contributed by atoms with Crippen molar-refractivity contribution in [2.45, 2.75) is 32.3 Å². The molecule has 90 valence electrons. The van der Waals surface area contributed by atoms with Crippen LogP contribution in [0.5, 0.6) is 5.88 Å². The quantitative estimate of drug-likeness (QED) is 0.781. The molecule has 1 aromatic heterocycles. The fourth-order valence-corrected chi connectivity index (χ4v) is 1.24. The molecule has 0 fully saturated rings. The van der Waals surface area contributed by atoms with Gasteiger partial charge in [-0.05, 0) is 26.6 Å². The van der Waals surface area contributed by atoms with Crippen LogP contribution < -0.4 is 4.74 Å². The Morgan fingerprint density at radius 2 is 1.94 bits per heavy atom. The standard InChI is InChI=1S/C10H11BrF3NO/c1-9(2,3)16-8-5-6(11)4-7(15-8)10(12,13)14/h4-5H,1-3H3/i1D3,2D3,3D3. The van der Waals surface area contributed by atoms with Gasteiger partial charge in [0.05, 0.1) is 0 Å². The number of pyridine rings is 1. The summed E-state index contributed by atoms with van der Waals surface area (Å²) in [6.07, 6.45) is -4.95. The molecule has 0 aromatic carbocycles. The maximum absolute atomic E-state index is 12.8. The van der Waals surface area contributed by atoms with Crippen LogP contribution in [-0.2, 0) is 6.18 Å². The van der Waals surface area contributed by atoms with Crippen LogP contribution in [0, 0.1) is 0 Å². The monoisotopic (exact) mass is 306 g/mol. The van der Waals surface area contributed by atoms with Gasteiger partial charge in [0.2, 0.25) is 5.88 Å². The molecule has 0 N–H and O–H groups in total. The number of hydrogen-bond donors (Lipinski definition) is 0. The van der Waals surface area contributed by atoms with E-state index >= 15 is 0 Å². The van der Waals surface area contributed by atoms with Crippen molar-refractivity contribution < 1.29 is 30.2 Å². The molecule has 0 aliphatic heterocycles. The van der Waals surface area contributed by atoms with Gasteiger partial charge in [0.25, 0.3) is 0 Å². The van der Waals surface area contributed by atoms with E-state index in [1.807, 2.05) is 0 Å². The van der Waals surface area contributed by atoms with Gasteiger partial charge in [-0.1, -0.05) is 15.9 Å².